The Morgan fingerprint density at radius 3 is 2.54 bits per heavy atom. The third-order valence-corrected chi connectivity index (χ3v) is 6.37. The Labute approximate surface area is 159 Å². The van der Waals surface area contributed by atoms with Gasteiger partial charge in [-0.15, -0.1) is 6.58 Å². The second kappa shape index (κ2) is 8.75. The predicted octanol–water partition coefficient (Wildman–Crippen LogP) is 1.27. The van der Waals surface area contributed by atoms with Crippen LogP contribution in [0, 0.1) is 23.7 Å². The number of hydrogen-bond acceptors (Lipinski definition) is 4. The molecule has 6 nitrogen and oxygen atoms in total. The zero-order valence-electron chi connectivity index (χ0n) is 15.3. The first-order valence-corrected chi connectivity index (χ1v) is 10.5. The molecule has 4 unspecified atom stereocenters. The van der Waals surface area contributed by atoms with Crippen LogP contribution in [0.3, 0.4) is 0 Å². The Kier molecular flexibility index (Phi) is 6.40. The maximum absolute atomic E-state index is 12.6. The fraction of sp³-hybridized carbons (Fsp3) is 0.632. The summed E-state index contributed by atoms with van der Waals surface area (Å²) in [7, 11) is 1.74. The molecule has 0 aromatic rings. The number of hydrogen-bond donors (Lipinski definition) is 2. The van der Waals surface area contributed by atoms with Gasteiger partial charge in [-0.3, -0.25) is 19.5 Å². The molecule has 0 spiro atoms. The monoisotopic (exact) mass is 376 g/mol. The quantitative estimate of drug-likeness (QED) is 0.208. The van der Waals surface area contributed by atoms with Crippen LogP contribution in [0.1, 0.15) is 12.8 Å². The van der Waals surface area contributed by atoms with E-state index >= 15 is 0 Å². The standard InChI is InChI=1S/C19H28N4O2S/c1-3-10-26-11-8-22-19(20-2)21-7-4-9-23-17(24)15-13-5-6-14(12-13)16(15)18(23)25/h3,5-6,13-16H,1,4,7-12H2,2H3,(H2,20,21,22). The lowest BCUT2D eigenvalue weighted by molar-refractivity contribution is -0.140. The van der Waals surface area contributed by atoms with Crippen LogP contribution in [0.4, 0.5) is 0 Å². The van der Waals surface area contributed by atoms with Crippen molar-refractivity contribution in [2.75, 3.05) is 38.2 Å². The molecule has 2 amide bonds. The van der Waals surface area contributed by atoms with E-state index in [1.807, 2.05) is 17.8 Å². The van der Waals surface area contributed by atoms with E-state index in [0.717, 1.165) is 36.9 Å². The molecule has 2 N–H and O–H groups in total. The van der Waals surface area contributed by atoms with Gasteiger partial charge in [0.2, 0.25) is 11.8 Å². The minimum Gasteiger partial charge on any atom is -0.356 e. The third kappa shape index (κ3) is 3.82. The third-order valence-electron chi connectivity index (χ3n) is 5.41. The fourth-order valence-corrected chi connectivity index (χ4v) is 4.84. The van der Waals surface area contributed by atoms with Crippen molar-refractivity contribution in [2.45, 2.75) is 12.8 Å². The molecule has 2 fully saturated rings. The summed E-state index contributed by atoms with van der Waals surface area (Å²) in [6.45, 7) is 5.70. The first kappa shape index (κ1) is 19.0. The van der Waals surface area contributed by atoms with Gasteiger partial charge >= 0.3 is 0 Å². The molecule has 4 atom stereocenters. The highest BCUT2D eigenvalue weighted by atomic mass is 32.2. The average molecular weight is 377 g/mol. The average Bonchev–Trinajstić information content (AvgIpc) is 3.32. The molecule has 0 aromatic heterocycles. The minimum absolute atomic E-state index is 0.0404. The van der Waals surface area contributed by atoms with Crippen molar-refractivity contribution < 1.29 is 9.59 Å². The Morgan fingerprint density at radius 1 is 1.27 bits per heavy atom. The van der Waals surface area contributed by atoms with Crippen molar-refractivity contribution in [3.63, 3.8) is 0 Å². The number of carbonyl (C=O) groups is 2. The van der Waals surface area contributed by atoms with E-state index in [1.54, 1.807) is 7.05 Å². The highest BCUT2D eigenvalue weighted by Gasteiger charge is 2.58. The molecule has 2 bridgehead atoms. The molecular weight excluding hydrogens is 348 g/mol. The van der Waals surface area contributed by atoms with E-state index in [4.69, 9.17) is 0 Å². The van der Waals surface area contributed by atoms with Crippen molar-refractivity contribution in [1.82, 2.24) is 15.5 Å². The lowest BCUT2D eigenvalue weighted by Gasteiger charge is -2.18. The van der Waals surface area contributed by atoms with Crippen molar-refractivity contribution in [2.24, 2.45) is 28.7 Å². The van der Waals surface area contributed by atoms with Gasteiger partial charge in [0.15, 0.2) is 5.96 Å². The van der Waals surface area contributed by atoms with Gasteiger partial charge in [-0.1, -0.05) is 18.2 Å². The number of guanidine groups is 1. The van der Waals surface area contributed by atoms with Crippen LogP contribution in [-0.4, -0.2) is 60.9 Å². The summed E-state index contributed by atoms with van der Waals surface area (Å²) in [5, 5.41) is 6.50. The second-order valence-electron chi connectivity index (χ2n) is 6.97. The van der Waals surface area contributed by atoms with Crippen molar-refractivity contribution >= 4 is 29.5 Å². The number of allylic oxidation sites excluding steroid dienone is 2. The van der Waals surface area contributed by atoms with Gasteiger partial charge in [-0.05, 0) is 24.7 Å². The Balaban J connectivity index is 1.37. The number of fused-ring (bicyclic) bond motifs is 5. The Hall–Kier alpha value is -1.76. The number of aliphatic imine (C=N–C) groups is 1. The van der Waals surface area contributed by atoms with Gasteiger partial charge in [0.1, 0.15) is 0 Å². The van der Waals surface area contributed by atoms with E-state index in [-0.39, 0.29) is 35.5 Å². The number of nitrogens with one attached hydrogen (secondary N) is 2. The molecule has 26 heavy (non-hydrogen) atoms. The summed E-state index contributed by atoms with van der Waals surface area (Å²) in [5.74, 6) is 3.16. The Morgan fingerprint density at radius 2 is 1.92 bits per heavy atom. The largest absolute Gasteiger partial charge is 0.356 e. The minimum atomic E-state index is -0.0899. The number of nitrogens with zero attached hydrogens (tertiary/aromatic N) is 2. The van der Waals surface area contributed by atoms with E-state index in [9.17, 15) is 9.59 Å². The van der Waals surface area contributed by atoms with Crippen LogP contribution in [0.2, 0.25) is 0 Å². The van der Waals surface area contributed by atoms with E-state index < -0.39 is 0 Å². The van der Waals surface area contributed by atoms with Crippen LogP contribution in [0.5, 0.6) is 0 Å². The smallest absolute Gasteiger partial charge is 0.233 e. The summed E-state index contributed by atoms with van der Waals surface area (Å²) in [6, 6.07) is 0. The summed E-state index contributed by atoms with van der Waals surface area (Å²) in [4.78, 5) is 30.9. The molecule has 7 heteroatoms. The Bertz CT molecular complexity index is 589. The zero-order chi connectivity index (χ0) is 18.5. The number of thioether (sulfide) groups is 1. The molecule has 3 rings (SSSR count). The number of likely N-dealkylation sites (tertiary alicyclic amines) is 1. The van der Waals surface area contributed by atoms with Crippen LogP contribution in [-0.2, 0) is 9.59 Å². The van der Waals surface area contributed by atoms with Crippen molar-refractivity contribution in [1.29, 1.82) is 0 Å². The summed E-state index contributed by atoms with van der Waals surface area (Å²) >= 11 is 1.81. The first-order chi connectivity index (χ1) is 12.7. The maximum atomic E-state index is 12.6. The summed E-state index contributed by atoms with van der Waals surface area (Å²) in [6.07, 6.45) is 7.87. The molecule has 142 valence electrons. The number of rotatable bonds is 9. The van der Waals surface area contributed by atoms with E-state index in [1.165, 1.54) is 4.90 Å². The van der Waals surface area contributed by atoms with Crippen LogP contribution in [0.25, 0.3) is 0 Å². The second-order valence-corrected chi connectivity index (χ2v) is 8.12. The topological polar surface area (TPSA) is 73.8 Å². The highest BCUT2D eigenvalue weighted by molar-refractivity contribution is 7.99. The van der Waals surface area contributed by atoms with Gasteiger partial charge < -0.3 is 10.6 Å². The molecule has 1 saturated heterocycles. The maximum Gasteiger partial charge on any atom is 0.233 e. The molecule has 0 radical (unpaired) electrons. The van der Waals surface area contributed by atoms with Gasteiger partial charge in [-0.25, -0.2) is 0 Å². The molecule has 2 aliphatic carbocycles. The summed E-state index contributed by atoms with van der Waals surface area (Å²) < 4.78 is 0. The highest BCUT2D eigenvalue weighted by Crippen LogP contribution is 2.52. The van der Waals surface area contributed by atoms with Gasteiger partial charge in [0, 0.05) is 38.2 Å². The predicted molar refractivity (Wildman–Crippen MR) is 106 cm³/mol. The lowest BCUT2D eigenvalue weighted by atomic mass is 9.85. The van der Waals surface area contributed by atoms with Crippen molar-refractivity contribution in [3.8, 4) is 0 Å². The number of imide groups is 1. The first-order valence-electron chi connectivity index (χ1n) is 9.34. The molecule has 1 saturated carbocycles. The van der Waals surface area contributed by atoms with Gasteiger partial charge in [0.05, 0.1) is 11.8 Å². The van der Waals surface area contributed by atoms with Crippen LogP contribution < -0.4 is 10.6 Å². The van der Waals surface area contributed by atoms with Crippen LogP contribution in [0.15, 0.2) is 29.8 Å². The fourth-order valence-electron chi connectivity index (χ4n) is 4.26. The van der Waals surface area contributed by atoms with E-state index in [2.05, 4.69) is 34.4 Å². The van der Waals surface area contributed by atoms with E-state index in [0.29, 0.717) is 13.1 Å². The van der Waals surface area contributed by atoms with Gasteiger partial charge in [0.25, 0.3) is 0 Å². The normalized spacial score (nSPS) is 29.4. The molecule has 3 aliphatic rings. The zero-order valence-corrected chi connectivity index (χ0v) is 16.1. The molecule has 1 aliphatic heterocycles. The summed E-state index contributed by atoms with van der Waals surface area (Å²) in [5.41, 5.74) is 0. The number of amides is 2. The molecule has 0 aromatic carbocycles. The number of carbonyl (C=O) groups excluding carboxylic acids is 2. The lowest BCUT2D eigenvalue weighted by Crippen LogP contribution is -2.40. The van der Waals surface area contributed by atoms with Crippen molar-refractivity contribution in [3.05, 3.63) is 24.8 Å². The SMILES string of the molecule is C=CCSCCNC(=NC)NCCCN1C(=O)C2C3C=CC(C3)C2C1=O. The van der Waals surface area contributed by atoms with Crippen LogP contribution >= 0.6 is 11.8 Å². The molecular formula is C19H28N4O2S. The molecule has 1 heterocycles. The van der Waals surface area contributed by atoms with Gasteiger partial charge in [-0.2, -0.15) is 11.8 Å².